The molecule has 25 heavy (non-hydrogen) atoms. The topological polar surface area (TPSA) is 54.0 Å². The molecule has 3 rings (SSSR count). The first-order valence-electron chi connectivity index (χ1n) is 7.87. The first-order valence-corrected chi connectivity index (χ1v) is 8.67. The highest BCUT2D eigenvalue weighted by atomic mass is 79.9. The molecule has 2 aromatic carbocycles. The Kier molecular flexibility index (Phi) is 5.14. The lowest BCUT2D eigenvalue weighted by Crippen LogP contribution is -2.12. The summed E-state index contributed by atoms with van der Waals surface area (Å²) in [5.41, 5.74) is 5.25. The molecule has 0 aliphatic rings. The van der Waals surface area contributed by atoms with Gasteiger partial charge in [0.2, 0.25) is 0 Å². The molecular weight excluding hydrogens is 378 g/mol. The smallest absolute Gasteiger partial charge is 0.257 e. The molecule has 1 aromatic heterocycles. The lowest BCUT2D eigenvalue weighted by Gasteiger charge is -2.10. The predicted octanol–water partition coefficient (Wildman–Crippen LogP) is 5.46. The number of carbonyl (C=O) groups excluding carboxylic acids is 1. The van der Waals surface area contributed by atoms with E-state index in [1.54, 1.807) is 18.5 Å². The summed E-state index contributed by atoms with van der Waals surface area (Å²) in [6, 6.07) is 15.5. The van der Waals surface area contributed by atoms with Crippen LogP contribution in [-0.4, -0.2) is 10.9 Å². The Hall–Kier alpha value is -2.66. The van der Waals surface area contributed by atoms with Gasteiger partial charge >= 0.3 is 0 Å². The number of benzene rings is 2. The molecule has 2 N–H and O–H groups in total. The second-order valence-corrected chi connectivity index (χ2v) is 6.73. The number of anilines is 3. The van der Waals surface area contributed by atoms with Crippen molar-refractivity contribution >= 4 is 38.9 Å². The van der Waals surface area contributed by atoms with E-state index in [0.29, 0.717) is 5.56 Å². The Bertz CT molecular complexity index is 907. The van der Waals surface area contributed by atoms with Crippen molar-refractivity contribution in [2.24, 2.45) is 0 Å². The van der Waals surface area contributed by atoms with Crippen LogP contribution in [0.3, 0.4) is 0 Å². The number of hydrogen-bond acceptors (Lipinski definition) is 3. The summed E-state index contributed by atoms with van der Waals surface area (Å²) in [6.07, 6.45) is 3.25. The average molecular weight is 396 g/mol. The minimum absolute atomic E-state index is 0.188. The minimum Gasteiger partial charge on any atom is -0.354 e. The largest absolute Gasteiger partial charge is 0.354 e. The van der Waals surface area contributed by atoms with Crippen LogP contribution in [0, 0.1) is 13.8 Å². The zero-order valence-electron chi connectivity index (χ0n) is 14.0. The van der Waals surface area contributed by atoms with Crippen LogP contribution in [0.25, 0.3) is 0 Å². The van der Waals surface area contributed by atoms with Gasteiger partial charge in [-0.05, 0) is 55.8 Å². The zero-order valence-corrected chi connectivity index (χ0v) is 15.6. The van der Waals surface area contributed by atoms with Crippen molar-refractivity contribution < 1.29 is 4.79 Å². The number of nitrogens with one attached hydrogen (secondary N) is 2. The summed E-state index contributed by atoms with van der Waals surface area (Å²) < 4.78 is 1.06. The SMILES string of the molecule is Cc1ccc(NC(=O)c2cncc(Nc3ccc(Br)c(C)c3)c2)cc1. The highest BCUT2D eigenvalue weighted by Gasteiger charge is 2.08. The van der Waals surface area contributed by atoms with E-state index in [-0.39, 0.29) is 5.91 Å². The predicted molar refractivity (Wildman–Crippen MR) is 106 cm³/mol. The fourth-order valence-electron chi connectivity index (χ4n) is 2.36. The summed E-state index contributed by atoms with van der Waals surface area (Å²) in [6.45, 7) is 4.04. The molecule has 3 aromatic rings. The molecule has 0 spiro atoms. The van der Waals surface area contributed by atoms with Crippen molar-refractivity contribution in [2.75, 3.05) is 10.6 Å². The van der Waals surface area contributed by atoms with Crippen molar-refractivity contribution in [3.8, 4) is 0 Å². The molecule has 0 aliphatic carbocycles. The van der Waals surface area contributed by atoms with E-state index in [4.69, 9.17) is 0 Å². The number of halogens is 1. The minimum atomic E-state index is -0.188. The van der Waals surface area contributed by atoms with Crippen LogP contribution in [0.5, 0.6) is 0 Å². The van der Waals surface area contributed by atoms with Crippen LogP contribution in [0.1, 0.15) is 21.5 Å². The summed E-state index contributed by atoms with van der Waals surface area (Å²) >= 11 is 3.49. The highest BCUT2D eigenvalue weighted by molar-refractivity contribution is 9.10. The Morgan fingerprint density at radius 2 is 1.64 bits per heavy atom. The first-order chi connectivity index (χ1) is 12.0. The zero-order chi connectivity index (χ0) is 17.8. The van der Waals surface area contributed by atoms with E-state index >= 15 is 0 Å². The van der Waals surface area contributed by atoms with Crippen LogP contribution >= 0.6 is 15.9 Å². The Morgan fingerprint density at radius 3 is 2.36 bits per heavy atom. The van der Waals surface area contributed by atoms with Gasteiger partial charge in [-0.2, -0.15) is 0 Å². The lowest BCUT2D eigenvalue weighted by atomic mass is 10.2. The number of hydrogen-bond donors (Lipinski definition) is 2. The van der Waals surface area contributed by atoms with E-state index < -0.39 is 0 Å². The average Bonchev–Trinajstić information content (AvgIpc) is 2.60. The fraction of sp³-hybridized carbons (Fsp3) is 0.100. The van der Waals surface area contributed by atoms with E-state index in [1.165, 1.54) is 0 Å². The third-order valence-electron chi connectivity index (χ3n) is 3.76. The molecule has 0 aliphatic heterocycles. The molecule has 5 heteroatoms. The Labute approximate surface area is 155 Å². The molecule has 1 heterocycles. The molecule has 0 fully saturated rings. The van der Waals surface area contributed by atoms with Crippen LogP contribution in [-0.2, 0) is 0 Å². The maximum Gasteiger partial charge on any atom is 0.257 e. The molecule has 1 amide bonds. The molecular formula is C20H18BrN3O. The van der Waals surface area contributed by atoms with Crippen molar-refractivity contribution in [3.63, 3.8) is 0 Å². The quantitative estimate of drug-likeness (QED) is 0.616. The van der Waals surface area contributed by atoms with Crippen LogP contribution < -0.4 is 10.6 Å². The molecule has 0 atom stereocenters. The van der Waals surface area contributed by atoms with Crippen LogP contribution in [0.15, 0.2) is 65.4 Å². The maximum atomic E-state index is 12.4. The number of aromatic nitrogens is 1. The van der Waals surface area contributed by atoms with Gasteiger partial charge in [-0.25, -0.2) is 0 Å². The van der Waals surface area contributed by atoms with E-state index in [0.717, 1.165) is 32.7 Å². The van der Waals surface area contributed by atoms with Gasteiger partial charge in [0.15, 0.2) is 0 Å². The van der Waals surface area contributed by atoms with Crippen molar-refractivity contribution in [1.29, 1.82) is 0 Å². The molecule has 4 nitrogen and oxygen atoms in total. The number of nitrogens with zero attached hydrogens (tertiary/aromatic N) is 1. The molecule has 0 saturated carbocycles. The molecule has 0 bridgehead atoms. The van der Waals surface area contributed by atoms with Crippen molar-refractivity contribution in [1.82, 2.24) is 4.98 Å². The second kappa shape index (κ2) is 7.49. The first kappa shape index (κ1) is 17.2. The van der Waals surface area contributed by atoms with E-state index in [9.17, 15) is 4.79 Å². The number of amides is 1. The third-order valence-corrected chi connectivity index (χ3v) is 4.65. The Morgan fingerprint density at radius 1 is 0.920 bits per heavy atom. The second-order valence-electron chi connectivity index (χ2n) is 5.87. The maximum absolute atomic E-state index is 12.4. The van der Waals surface area contributed by atoms with E-state index in [1.807, 2.05) is 56.3 Å². The molecule has 0 radical (unpaired) electrons. The summed E-state index contributed by atoms with van der Waals surface area (Å²) in [7, 11) is 0. The van der Waals surface area contributed by atoms with Gasteiger partial charge in [0.1, 0.15) is 0 Å². The monoisotopic (exact) mass is 395 g/mol. The van der Waals surface area contributed by atoms with Crippen LogP contribution in [0.4, 0.5) is 17.1 Å². The number of rotatable bonds is 4. The van der Waals surface area contributed by atoms with Gasteiger partial charge in [0.05, 0.1) is 17.4 Å². The summed E-state index contributed by atoms with van der Waals surface area (Å²) in [5, 5.41) is 6.16. The van der Waals surface area contributed by atoms with Gasteiger partial charge in [-0.3, -0.25) is 9.78 Å². The van der Waals surface area contributed by atoms with Gasteiger partial charge < -0.3 is 10.6 Å². The molecule has 126 valence electrons. The summed E-state index contributed by atoms with van der Waals surface area (Å²) in [5.74, 6) is -0.188. The molecule has 0 unspecified atom stereocenters. The molecule has 0 saturated heterocycles. The fourth-order valence-corrected chi connectivity index (χ4v) is 2.61. The number of carbonyl (C=O) groups is 1. The summed E-state index contributed by atoms with van der Waals surface area (Å²) in [4.78, 5) is 16.6. The van der Waals surface area contributed by atoms with E-state index in [2.05, 4.69) is 31.5 Å². The van der Waals surface area contributed by atoms with Gasteiger partial charge in [-0.15, -0.1) is 0 Å². The number of pyridine rings is 1. The third kappa shape index (κ3) is 4.45. The highest BCUT2D eigenvalue weighted by Crippen LogP contribution is 2.23. The normalized spacial score (nSPS) is 10.4. The lowest BCUT2D eigenvalue weighted by molar-refractivity contribution is 0.102. The van der Waals surface area contributed by atoms with Crippen LogP contribution in [0.2, 0.25) is 0 Å². The standard InChI is InChI=1S/C20H18BrN3O/c1-13-3-5-16(6-4-13)24-20(25)15-10-18(12-22-11-15)23-17-7-8-19(21)14(2)9-17/h3-12,23H,1-2H3,(H,24,25). The number of aryl methyl sites for hydroxylation is 2. The van der Waals surface area contributed by atoms with Gasteiger partial charge in [0.25, 0.3) is 5.91 Å². The Balaban J connectivity index is 1.75. The van der Waals surface area contributed by atoms with Gasteiger partial charge in [0, 0.05) is 22.0 Å². The van der Waals surface area contributed by atoms with Crippen molar-refractivity contribution in [3.05, 3.63) is 82.1 Å². The van der Waals surface area contributed by atoms with Gasteiger partial charge in [-0.1, -0.05) is 33.6 Å². The van der Waals surface area contributed by atoms with Crippen molar-refractivity contribution in [2.45, 2.75) is 13.8 Å².